The van der Waals surface area contributed by atoms with Crippen molar-refractivity contribution in [3.63, 3.8) is 0 Å². The lowest BCUT2D eigenvalue weighted by Gasteiger charge is -2.23. The number of hydrogen-bond donors (Lipinski definition) is 1. The predicted octanol–water partition coefficient (Wildman–Crippen LogP) is 3.94. The molecule has 1 aliphatic rings. The first-order valence-corrected chi connectivity index (χ1v) is 9.27. The number of carbonyl (C=O) groups is 2. The SMILES string of the molecule is CC(C)[C@@H](NC(=O)c1ccc(CN2CCCC2=O)cc1)c1ccccc1. The molecule has 1 heterocycles. The van der Waals surface area contributed by atoms with Crippen molar-refractivity contribution in [3.05, 3.63) is 71.3 Å². The molecular formula is C22H26N2O2. The number of rotatable bonds is 6. The van der Waals surface area contributed by atoms with E-state index >= 15 is 0 Å². The Hall–Kier alpha value is -2.62. The molecule has 136 valence electrons. The predicted molar refractivity (Wildman–Crippen MR) is 103 cm³/mol. The van der Waals surface area contributed by atoms with Crippen LogP contribution in [0.4, 0.5) is 0 Å². The molecule has 1 saturated heterocycles. The molecule has 2 aromatic rings. The number of likely N-dealkylation sites (tertiary alicyclic amines) is 1. The van der Waals surface area contributed by atoms with Gasteiger partial charge in [0.1, 0.15) is 0 Å². The molecular weight excluding hydrogens is 324 g/mol. The Kier molecular flexibility index (Phi) is 5.71. The Morgan fingerprint density at radius 1 is 1.08 bits per heavy atom. The van der Waals surface area contributed by atoms with E-state index in [9.17, 15) is 9.59 Å². The molecule has 0 aromatic heterocycles. The van der Waals surface area contributed by atoms with Crippen LogP contribution < -0.4 is 5.32 Å². The van der Waals surface area contributed by atoms with Crippen LogP contribution in [-0.2, 0) is 11.3 Å². The molecule has 0 saturated carbocycles. The van der Waals surface area contributed by atoms with Crippen LogP contribution in [0.3, 0.4) is 0 Å². The van der Waals surface area contributed by atoms with Crippen molar-refractivity contribution in [2.75, 3.05) is 6.54 Å². The number of benzene rings is 2. The zero-order valence-corrected chi connectivity index (χ0v) is 15.4. The van der Waals surface area contributed by atoms with E-state index in [1.165, 1.54) is 0 Å². The van der Waals surface area contributed by atoms with E-state index in [0.29, 0.717) is 24.4 Å². The Balaban J connectivity index is 1.66. The number of carbonyl (C=O) groups excluding carboxylic acids is 2. The second-order valence-corrected chi connectivity index (χ2v) is 7.22. The lowest BCUT2D eigenvalue weighted by atomic mass is 9.95. The van der Waals surface area contributed by atoms with Crippen LogP contribution in [-0.4, -0.2) is 23.3 Å². The molecule has 2 amide bonds. The van der Waals surface area contributed by atoms with Gasteiger partial charge in [-0.2, -0.15) is 0 Å². The van der Waals surface area contributed by atoms with Crippen LogP contribution in [0.2, 0.25) is 0 Å². The zero-order valence-electron chi connectivity index (χ0n) is 15.4. The number of amides is 2. The zero-order chi connectivity index (χ0) is 18.5. The lowest BCUT2D eigenvalue weighted by molar-refractivity contribution is -0.128. The van der Waals surface area contributed by atoms with Gasteiger partial charge in [0.15, 0.2) is 0 Å². The fourth-order valence-corrected chi connectivity index (χ4v) is 3.37. The molecule has 26 heavy (non-hydrogen) atoms. The minimum atomic E-state index is -0.0728. The average Bonchev–Trinajstić information content (AvgIpc) is 3.05. The van der Waals surface area contributed by atoms with E-state index in [0.717, 1.165) is 24.1 Å². The molecule has 4 nitrogen and oxygen atoms in total. The van der Waals surface area contributed by atoms with Gasteiger partial charge >= 0.3 is 0 Å². The Labute approximate surface area is 155 Å². The van der Waals surface area contributed by atoms with Crippen molar-refractivity contribution >= 4 is 11.8 Å². The van der Waals surface area contributed by atoms with E-state index in [4.69, 9.17) is 0 Å². The lowest BCUT2D eigenvalue weighted by Crippen LogP contribution is -2.31. The first-order valence-electron chi connectivity index (χ1n) is 9.27. The Morgan fingerprint density at radius 3 is 2.35 bits per heavy atom. The third-order valence-electron chi connectivity index (χ3n) is 4.87. The summed E-state index contributed by atoms with van der Waals surface area (Å²) >= 11 is 0. The highest BCUT2D eigenvalue weighted by molar-refractivity contribution is 5.94. The van der Waals surface area contributed by atoms with Crippen LogP contribution in [0.15, 0.2) is 54.6 Å². The van der Waals surface area contributed by atoms with E-state index in [1.54, 1.807) is 0 Å². The summed E-state index contributed by atoms with van der Waals surface area (Å²) in [5.74, 6) is 0.438. The van der Waals surface area contributed by atoms with Crippen molar-refractivity contribution in [3.8, 4) is 0 Å². The first kappa shape index (κ1) is 18.2. The number of nitrogens with zero attached hydrogens (tertiary/aromatic N) is 1. The van der Waals surface area contributed by atoms with E-state index in [-0.39, 0.29) is 17.9 Å². The molecule has 0 bridgehead atoms. The standard InChI is InChI=1S/C22H26N2O2/c1-16(2)21(18-7-4-3-5-8-18)23-22(26)19-12-10-17(11-13-19)15-24-14-6-9-20(24)25/h3-5,7-8,10-13,16,21H,6,9,14-15H2,1-2H3,(H,23,26)/t21-/m1/s1. The first-order chi connectivity index (χ1) is 12.5. The van der Waals surface area contributed by atoms with Crippen LogP contribution in [0.5, 0.6) is 0 Å². The van der Waals surface area contributed by atoms with Gasteiger partial charge in [0.25, 0.3) is 5.91 Å². The van der Waals surface area contributed by atoms with Gasteiger partial charge in [-0.1, -0.05) is 56.3 Å². The second-order valence-electron chi connectivity index (χ2n) is 7.22. The van der Waals surface area contributed by atoms with Crippen molar-refractivity contribution < 1.29 is 9.59 Å². The second kappa shape index (κ2) is 8.17. The largest absolute Gasteiger partial charge is 0.345 e. The van der Waals surface area contributed by atoms with Crippen molar-refractivity contribution in [1.29, 1.82) is 0 Å². The molecule has 0 radical (unpaired) electrons. The van der Waals surface area contributed by atoms with Gasteiger partial charge < -0.3 is 10.2 Å². The third kappa shape index (κ3) is 4.31. The molecule has 1 N–H and O–H groups in total. The highest BCUT2D eigenvalue weighted by atomic mass is 16.2. The number of hydrogen-bond acceptors (Lipinski definition) is 2. The summed E-state index contributed by atoms with van der Waals surface area (Å²) in [7, 11) is 0. The van der Waals surface area contributed by atoms with Crippen LogP contribution in [0, 0.1) is 5.92 Å². The van der Waals surface area contributed by atoms with Gasteiger partial charge in [0.05, 0.1) is 6.04 Å². The maximum absolute atomic E-state index is 12.7. The molecule has 1 aliphatic heterocycles. The highest BCUT2D eigenvalue weighted by Crippen LogP contribution is 2.22. The van der Waals surface area contributed by atoms with E-state index in [1.807, 2.05) is 59.5 Å². The molecule has 1 atom stereocenters. The van der Waals surface area contributed by atoms with Crippen LogP contribution >= 0.6 is 0 Å². The minimum Gasteiger partial charge on any atom is -0.345 e. The fraction of sp³-hybridized carbons (Fsp3) is 0.364. The molecule has 4 heteroatoms. The molecule has 0 spiro atoms. The number of nitrogens with one attached hydrogen (secondary N) is 1. The summed E-state index contributed by atoms with van der Waals surface area (Å²) in [5, 5.41) is 3.15. The average molecular weight is 350 g/mol. The monoisotopic (exact) mass is 350 g/mol. The van der Waals surface area contributed by atoms with Gasteiger partial charge in [-0.25, -0.2) is 0 Å². The molecule has 0 aliphatic carbocycles. The van der Waals surface area contributed by atoms with Crippen molar-refractivity contribution in [2.24, 2.45) is 5.92 Å². The van der Waals surface area contributed by atoms with Crippen LogP contribution in [0.1, 0.15) is 54.2 Å². The summed E-state index contributed by atoms with van der Waals surface area (Å²) < 4.78 is 0. The van der Waals surface area contributed by atoms with Crippen molar-refractivity contribution in [2.45, 2.75) is 39.3 Å². The molecule has 1 fully saturated rings. The normalized spacial score (nSPS) is 15.3. The van der Waals surface area contributed by atoms with Gasteiger partial charge in [-0.15, -0.1) is 0 Å². The van der Waals surface area contributed by atoms with Gasteiger partial charge in [-0.3, -0.25) is 9.59 Å². The van der Waals surface area contributed by atoms with Gasteiger partial charge in [0.2, 0.25) is 5.91 Å². The fourth-order valence-electron chi connectivity index (χ4n) is 3.37. The summed E-state index contributed by atoms with van der Waals surface area (Å²) in [4.78, 5) is 26.3. The highest BCUT2D eigenvalue weighted by Gasteiger charge is 2.21. The van der Waals surface area contributed by atoms with Gasteiger partial charge in [-0.05, 0) is 35.6 Å². The quantitative estimate of drug-likeness (QED) is 0.858. The van der Waals surface area contributed by atoms with Gasteiger partial charge in [0, 0.05) is 25.1 Å². The Morgan fingerprint density at radius 2 is 1.77 bits per heavy atom. The minimum absolute atomic E-state index is 0.0226. The van der Waals surface area contributed by atoms with Crippen molar-refractivity contribution in [1.82, 2.24) is 10.2 Å². The van der Waals surface area contributed by atoms with Crippen LogP contribution in [0.25, 0.3) is 0 Å². The van der Waals surface area contributed by atoms with E-state index in [2.05, 4.69) is 19.2 Å². The maximum atomic E-state index is 12.7. The topological polar surface area (TPSA) is 49.4 Å². The molecule has 3 rings (SSSR count). The summed E-state index contributed by atoms with van der Waals surface area (Å²) in [6.07, 6.45) is 1.59. The van der Waals surface area contributed by atoms with E-state index < -0.39 is 0 Å². The molecule has 0 unspecified atom stereocenters. The summed E-state index contributed by atoms with van der Waals surface area (Å²) in [5.41, 5.74) is 2.81. The molecule has 2 aromatic carbocycles. The summed E-state index contributed by atoms with van der Waals surface area (Å²) in [6, 6.07) is 17.6. The smallest absolute Gasteiger partial charge is 0.251 e. The third-order valence-corrected chi connectivity index (χ3v) is 4.87. The maximum Gasteiger partial charge on any atom is 0.251 e. The Bertz CT molecular complexity index is 753. The summed E-state index contributed by atoms with van der Waals surface area (Å²) in [6.45, 7) is 5.66.